The highest BCUT2D eigenvalue weighted by Gasteiger charge is 2.16. The van der Waals surface area contributed by atoms with E-state index in [4.69, 9.17) is 0 Å². The third-order valence-electron chi connectivity index (χ3n) is 4.30. The minimum Gasteiger partial charge on any atom is -0.356 e. The van der Waals surface area contributed by atoms with Crippen LogP contribution in [0.1, 0.15) is 11.1 Å². The Bertz CT molecular complexity index is 858. The number of aromatic nitrogens is 2. The van der Waals surface area contributed by atoms with E-state index in [1.807, 2.05) is 18.2 Å². The zero-order chi connectivity index (χ0) is 14.9. The molecule has 4 nitrogen and oxygen atoms in total. The van der Waals surface area contributed by atoms with Gasteiger partial charge in [0, 0.05) is 25.4 Å². The summed E-state index contributed by atoms with van der Waals surface area (Å²) < 4.78 is 1.58. The molecule has 0 radical (unpaired) electrons. The Morgan fingerprint density at radius 3 is 2.32 bits per heavy atom. The van der Waals surface area contributed by atoms with Gasteiger partial charge in [-0.2, -0.15) is 0 Å². The predicted molar refractivity (Wildman–Crippen MR) is 87.5 cm³/mol. The number of pyridine rings is 1. The fraction of sp³-hybridized carbons (Fsp3) is 0.222. The summed E-state index contributed by atoms with van der Waals surface area (Å²) in [4.78, 5) is 19.1. The predicted octanol–water partition coefficient (Wildman–Crippen LogP) is 2.30. The summed E-state index contributed by atoms with van der Waals surface area (Å²) in [5, 5.41) is 0. The monoisotopic (exact) mass is 291 g/mol. The molecule has 1 aliphatic heterocycles. The van der Waals surface area contributed by atoms with Crippen molar-refractivity contribution in [3.05, 3.63) is 76.2 Å². The minimum atomic E-state index is -0.0256. The van der Waals surface area contributed by atoms with E-state index >= 15 is 0 Å². The average molecular weight is 291 g/mol. The third kappa shape index (κ3) is 2.26. The van der Waals surface area contributed by atoms with E-state index < -0.39 is 0 Å². The highest BCUT2D eigenvalue weighted by Crippen LogP contribution is 2.19. The topological polar surface area (TPSA) is 37.6 Å². The number of hydrogen-bond acceptors (Lipinski definition) is 3. The largest absolute Gasteiger partial charge is 0.356 e. The Kier molecular flexibility index (Phi) is 3.15. The molecule has 0 saturated carbocycles. The van der Waals surface area contributed by atoms with Gasteiger partial charge in [-0.15, -0.1) is 0 Å². The first-order valence-corrected chi connectivity index (χ1v) is 7.61. The Balaban J connectivity index is 1.70. The second-order valence-electron chi connectivity index (χ2n) is 5.64. The molecule has 0 spiro atoms. The van der Waals surface area contributed by atoms with Crippen LogP contribution in [0, 0.1) is 0 Å². The summed E-state index contributed by atoms with van der Waals surface area (Å²) >= 11 is 0. The van der Waals surface area contributed by atoms with Gasteiger partial charge in [0.05, 0.1) is 0 Å². The van der Waals surface area contributed by atoms with E-state index in [-0.39, 0.29) is 5.56 Å². The maximum Gasteiger partial charge on any atom is 0.259 e. The third-order valence-corrected chi connectivity index (χ3v) is 4.30. The lowest BCUT2D eigenvalue weighted by Gasteiger charge is -2.21. The molecule has 0 fully saturated rings. The molecule has 0 amide bonds. The standard InChI is InChI=1S/C18H17N3O/c22-18-13-17(19-16-7-3-4-10-21(16)18)20-11-8-14-5-1-2-6-15(14)9-12-20/h1-7,10,13H,8-9,11-12H2. The normalized spacial score (nSPS) is 14.6. The molecule has 1 aliphatic rings. The van der Waals surface area contributed by atoms with Gasteiger partial charge in [0.15, 0.2) is 0 Å². The number of hydrogen-bond donors (Lipinski definition) is 0. The molecular formula is C18H17N3O. The van der Waals surface area contributed by atoms with Crippen LogP contribution in [-0.4, -0.2) is 22.5 Å². The second kappa shape index (κ2) is 5.30. The lowest BCUT2D eigenvalue weighted by atomic mass is 10.0. The van der Waals surface area contributed by atoms with Gasteiger partial charge in [-0.05, 0) is 36.1 Å². The second-order valence-corrected chi connectivity index (χ2v) is 5.64. The van der Waals surface area contributed by atoms with Crippen molar-refractivity contribution >= 4 is 11.5 Å². The van der Waals surface area contributed by atoms with E-state index in [1.165, 1.54) is 11.1 Å². The first kappa shape index (κ1) is 13.1. The van der Waals surface area contributed by atoms with Gasteiger partial charge >= 0.3 is 0 Å². The molecule has 1 aromatic carbocycles. The van der Waals surface area contributed by atoms with Crippen LogP contribution in [0.4, 0.5) is 5.82 Å². The van der Waals surface area contributed by atoms with Gasteiger partial charge in [0.1, 0.15) is 11.5 Å². The number of anilines is 1. The maximum absolute atomic E-state index is 12.2. The molecule has 0 N–H and O–H groups in total. The first-order valence-electron chi connectivity index (χ1n) is 7.61. The number of rotatable bonds is 1. The number of fused-ring (bicyclic) bond motifs is 2. The van der Waals surface area contributed by atoms with Crippen molar-refractivity contribution in [3.63, 3.8) is 0 Å². The van der Waals surface area contributed by atoms with Crippen LogP contribution in [0.15, 0.2) is 59.5 Å². The lowest BCUT2D eigenvalue weighted by Crippen LogP contribution is -2.29. The Hall–Kier alpha value is -2.62. The van der Waals surface area contributed by atoms with E-state index in [9.17, 15) is 4.79 Å². The lowest BCUT2D eigenvalue weighted by molar-refractivity contribution is 0.787. The van der Waals surface area contributed by atoms with Crippen LogP contribution in [0.5, 0.6) is 0 Å². The van der Waals surface area contributed by atoms with Crippen LogP contribution in [0.25, 0.3) is 5.65 Å². The van der Waals surface area contributed by atoms with Crippen molar-refractivity contribution in [3.8, 4) is 0 Å². The molecule has 0 bridgehead atoms. The van der Waals surface area contributed by atoms with Gasteiger partial charge < -0.3 is 4.90 Å². The molecule has 3 heterocycles. The zero-order valence-corrected chi connectivity index (χ0v) is 12.3. The van der Waals surface area contributed by atoms with Crippen LogP contribution in [0.2, 0.25) is 0 Å². The average Bonchev–Trinajstić information content (AvgIpc) is 2.77. The van der Waals surface area contributed by atoms with Crippen LogP contribution < -0.4 is 10.5 Å². The van der Waals surface area contributed by atoms with Crippen LogP contribution >= 0.6 is 0 Å². The van der Waals surface area contributed by atoms with Crippen LogP contribution in [0.3, 0.4) is 0 Å². The Labute approximate surface area is 128 Å². The van der Waals surface area contributed by atoms with Crippen molar-refractivity contribution in [1.29, 1.82) is 0 Å². The van der Waals surface area contributed by atoms with Crippen molar-refractivity contribution in [2.75, 3.05) is 18.0 Å². The summed E-state index contributed by atoms with van der Waals surface area (Å²) in [6.07, 6.45) is 3.74. The maximum atomic E-state index is 12.2. The van der Waals surface area contributed by atoms with E-state index in [2.05, 4.69) is 34.1 Å². The Morgan fingerprint density at radius 2 is 1.59 bits per heavy atom. The molecule has 0 saturated heterocycles. The Morgan fingerprint density at radius 1 is 0.909 bits per heavy atom. The van der Waals surface area contributed by atoms with Crippen molar-refractivity contribution in [2.45, 2.75) is 12.8 Å². The van der Waals surface area contributed by atoms with Gasteiger partial charge in [-0.25, -0.2) is 4.98 Å². The molecule has 110 valence electrons. The molecule has 22 heavy (non-hydrogen) atoms. The molecule has 3 aromatic rings. The highest BCUT2D eigenvalue weighted by atomic mass is 16.1. The quantitative estimate of drug-likeness (QED) is 0.690. The van der Waals surface area contributed by atoms with Crippen molar-refractivity contribution in [1.82, 2.24) is 9.38 Å². The van der Waals surface area contributed by atoms with Gasteiger partial charge in [-0.1, -0.05) is 30.3 Å². The van der Waals surface area contributed by atoms with Gasteiger partial charge in [0.25, 0.3) is 5.56 Å². The summed E-state index contributed by atoms with van der Waals surface area (Å²) in [5.74, 6) is 0.781. The fourth-order valence-corrected chi connectivity index (χ4v) is 3.10. The summed E-state index contributed by atoms with van der Waals surface area (Å²) in [6, 6.07) is 15.8. The van der Waals surface area contributed by atoms with Gasteiger partial charge in [0.2, 0.25) is 0 Å². The molecule has 4 rings (SSSR count). The minimum absolute atomic E-state index is 0.0256. The van der Waals surface area contributed by atoms with Crippen molar-refractivity contribution < 1.29 is 0 Å². The highest BCUT2D eigenvalue weighted by molar-refractivity contribution is 5.49. The van der Waals surface area contributed by atoms with E-state index in [1.54, 1.807) is 16.7 Å². The number of nitrogens with zero attached hydrogens (tertiary/aromatic N) is 3. The van der Waals surface area contributed by atoms with Gasteiger partial charge in [-0.3, -0.25) is 9.20 Å². The molecule has 0 unspecified atom stereocenters. The molecular weight excluding hydrogens is 274 g/mol. The first-order chi connectivity index (χ1) is 10.8. The van der Waals surface area contributed by atoms with E-state index in [0.717, 1.165) is 31.7 Å². The summed E-state index contributed by atoms with van der Waals surface area (Å²) in [6.45, 7) is 1.79. The zero-order valence-electron chi connectivity index (χ0n) is 12.3. The summed E-state index contributed by atoms with van der Waals surface area (Å²) in [5.41, 5.74) is 3.49. The molecule has 0 atom stereocenters. The smallest absolute Gasteiger partial charge is 0.259 e. The van der Waals surface area contributed by atoms with Crippen LogP contribution in [-0.2, 0) is 12.8 Å². The van der Waals surface area contributed by atoms with E-state index in [0.29, 0.717) is 5.65 Å². The fourth-order valence-electron chi connectivity index (χ4n) is 3.10. The number of benzene rings is 1. The summed E-state index contributed by atoms with van der Waals surface area (Å²) in [7, 11) is 0. The van der Waals surface area contributed by atoms with Crippen molar-refractivity contribution in [2.24, 2.45) is 0 Å². The molecule has 2 aromatic heterocycles. The molecule has 4 heteroatoms. The SMILES string of the molecule is O=c1cc(N2CCc3ccccc3CC2)nc2ccccn12. The molecule has 0 aliphatic carbocycles.